The molecule has 0 bridgehead atoms. The first-order valence-electron chi connectivity index (χ1n) is 5.99. The van der Waals surface area contributed by atoms with E-state index >= 15 is 0 Å². The lowest BCUT2D eigenvalue weighted by molar-refractivity contribution is -0.384. The highest BCUT2D eigenvalue weighted by Crippen LogP contribution is 2.32. The Morgan fingerprint density at radius 3 is 2.95 bits per heavy atom. The van der Waals surface area contributed by atoms with Crippen LogP contribution in [0.5, 0.6) is 0 Å². The van der Waals surface area contributed by atoms with Gasteiger partial charge in [0.1, 0.15) is 0 Å². The Hall–Kier alpha value is -2.15. The van der Waals surface area contributed by atoms with Crippen LogP contribution >= 0.6 is 11.8 Å². The molecule has 1 aromatic heterocycles. The van der Waals surface area contributed by atoms with E-state index in [4.69, 9.17) is 0 Å². The Morgan fingerprint density at radius 1 is 1.45 bits per heavy atom. The average Bonchev–Trinajstić information content (AvgIpc) is 2.43. The predicted molar refractivity (Wildman–Crippen MR) is 75.2 cm³/mol. The second kappa shape index (κ2) is 4.75. The van der Waals surface area contributed by atoms with Gasteiger partial charge in [0.2, 0.25) is 0 Å². The number of nitro groups is 1. The second-order valence-corrected chi connectivity index (χ2v) is 5.58. The number of pyridine rings is 1. The van der Waals surface area contributed by atoms with Crippen LogP contribution in [0.15, 0.2) is 18.2 Å². The predicted octanol–water partition coefficient (Wildman–Crippen LogP) is 2.63. The van der Waals surface area contributed by atoms with Gasteiger partial charge >= 0.3 is 5.97 Å². The molecular weight excluding hydrogens is 280 g/mol. The van der Waals surface area contributed by atoms with Crippen LogP contribution in [-0.4, -0.2) is 26.7 Å². The largest absolute Gasteiger partial charge is 0.478 e. The number of aromatic carboxylic acids is 1. The standard InChI is InChI=1S/C13H10N2O4S/c16-13(17)12-8-5-7(15(18)19)1-2-10(8)14-11-3-4-20-6-9(11)12/h1-2,5H,3-4,6H2,(H,16,17). The molecule has 0 unspecified atom stereocenters. The van der Waals surface area contributed by atoms with Crippen molar-refractivity contribution in [2.45, 2.75) is 12.2 Å². The summed E-state index contributed by atoms with van der Waals surface area (Å²) in [5.74, 6) is 0.441. The molecule has 20 heavy (non-hydrogen) atoms. The van der Waals surface area contributed by atoms with Crippen molar-refractivity contribution >= 4 is 34.3 Å². The number of nitro benzene ring substituents is 1. The fourth-order valence-corrected chi connectivity index (χ4v) is 3.40. The molecular formula is C13H10N2O4S. The normalized spacial score (nSPS) is 14.0. The Bertz CT molecular complexity index is 745. The molecule has 6 nitrogen and oxygen atoms in total. The van der Waals surface area contributed by atoms with Crippen LogP contribution in [0.4, 0.5) is 5.69 Å². The van der Waals surface area contributed by atoms with Crippen LogP contribution in [0.1, 0.15) is 21.6 Å². The van der Waals surface area contributed by atoms with E-state index in [0.29, 0.717) is 22.2 Å². The van der Waals surface area contributed by atoms with E-state index in [2.05, 4.69) is 4.98 Å². The zero-order valence-electron chi connectivity index (χ0n) is 10.3. The molecule has 1 aromatic carbocycles. The molecule has 0 radical (unpaired) electrons. The number of fused-ring (bicyclic) bond motifs is 2. The monoisotopic (exact) mass is 290 g/mol. The van der Waals surface area contributed by atoms with Crippen molar-refractivity contribution in [2.75, 3.05) is 5.75 Å². The third-order valence-corrected chi connectivity index (χ3v) is 4.29. The molecule has 7 heteroatoms. The van der Waals surface area contributed by atoms with Crippen molar-refractivity contribution in [3.8, 4) is 0 Å². The lowest BCUT2D eigenvalue weighted by Gasteiger charge is -2.18. The quantitative estimate of drug-likeness (QED) is 0.675. The summed E-state index contributed by atoms with van der Waals surface area (Å²) in [6.07, 6.45) is 0.729. The summed E-state index contributed by atoms with van der Waals surface area (Å²) in [4.78, 5) is 26.3. The second-order valence-electron chi connectivity index (χ2n) is 4.48. The molecule has 2 aromatic rings. The van der Waals surface area contributed by atoms with Crippen LogP contribution in [0.25, 0.3) is 10.9 Å². The summed E-state index contributed by atoms with van der Waals surface area (Å²) in [7, 11) is 0. The molecule has 1 aliphatic heterocycles. The molecule has 0 saturated carbocycles. The van der Waals surface area contributed by atoms with Crippen molar-refractivity contribution in [1.29, 1.82) is 0 Å². The van der Waals surface area contributed by atoms with Crippen LogP contribution < -0.4 is 0 Å². The summed E-state index contributed by atoms with van der Waals surface area (Å²) >= 11 is 1.65. The summed E-state index contributed by atoms with van der Waals surface area (Å²) in [6, 6.07) is 4.16. The summed E-state index contributed by atoms with van der Waals surface area (Å²) in [5.41, 5.74) is 2.02. The van der Waals surface area contributed by atoms with E-state index < -0.39 is 10.9 Å². The number of rotatable bonds is 2. The van der Waals surface area contributed by atoms with E-state index in [-0.39, 0.29) is 11.3 Å². The van der Waals surface area contributed by atoms with E-state index in [1.807, 2.05) is 0 Å². The number of benzene rings is 1. The minimum Gasteiger partial charge on any atom is -0.478 e. The molecule has 1 aliphatic rings. The van der Waals surface area contributed by atoms with Gasteiger partial charge in [0, 0.05) is 29.0 Å². The fraction of sp³-hybridized carbons (Fsp3) is 0.231. The van der Waals surface area contributed by atoms with Gasteiger partial charge in [0.25, 0.3) is 5.69 Å². The van der Waals surface area contributed by atoms with Gasteiger partial charge in [0.15, 0.2) is 0 Å². The maximum Gasteiger partial charge on any atom is 0.336 e. The molecule has 0 fully saturated rings. The Morgan fingerprint density at radius 2 is 2.25 bits per heavy atom. The van der Waals surface area contributed by atoms with Gasteiger partial charge in [-0.1, -0.05) is 0 Å². The van der Waals surface area contributed by atoms with Crippen LogP contribution in [-0.2, 0) is 12.2 Å². The van der Waals surface area contributed by atoms with Gasteiger partial charge in [-0.2, -0.15) is 11.8 Å². The number of carboxylic acid groups (broad SMARTS) is 1. The number of aryl methyl sites for hydroxylation is 1. The third kappa shape index (κ3) is 2.00. The molecule has 0 atom stereocenters. The molecule has 1 N–H and O–H groups in total. The lowest BCUT2D eigenvalue weighted by atomic mass is 9.99. The lowest BCUT2D eigenvalue weighted by Crippen LogP contribution is -2.13. The van der Waals surface area contributed by atoms with E-state index in [0.717, 1.165) is 17.9 Å². The Kier molecular flexibility index (Phi) is 3.06. The first kappa shape index (κ1) is 12.9. The highest BCUT2D eigenvalue weighted by Gasteiger charge is 2.23. The van der Waals surface area contributed by atoms with Crippen LogP contribution in [0.3, 0.4) is 0 Å². The average molecular weight is 290 g/mol. The van der Waals surface area contributed by atoms with Crippen molar-refractivity contribution < 1.29 is 14.8 Å². The van der Waals surface area contributed by atoms with E-state index in [1.165, 1.54) is 18.2 Å². The molecule has 3 rings (SSSR count). The topological polar surface area (TPSA) is 93.3 Å². The minimum atomic E-state index is -1.06. The maximum atomic E-state index is 11.6. The Balaban J connectivity index is 2.37. The van der Waals surface area contributed by atoms with Gasteiger partial charge in [-0.3, -0.25) is 15.1 Å². The number of carboxylic acids is 1. The zero-order chi connectivity index (χ0) is 14.3. The highest BCUT2D eigenvalue weighted by molar-refractivity contribution is 7.98. The fourth-order valence-electron chi connectivity index (χ4n) is 2.40. The summed E-state index contributed by atoms with van der Waals surface area (Å²) in [5, 5.41) is 20.7. The molecule has 0 spiro atoms. The van der Waals surface area contributed by atoms with E-state index in [1.54, 1.807) is 11.8 Å². The van der Waals surface area contributed by atoms with Crippen molar-refractivity contribution in [3.63, 3.8) is 0 Å². The summed E-state index contributed by atoms with van der Waals surface area (Å²) in [6.45, 7) is 0. The smallest absolute Gasteiger partial charge is 0.336 e. The van der Waals surface area contributed by atoms with E-state index in [9.17, 15) is 20.0 Å². The third-order valence-electron chi connectivity index (χ3n) is 3.31. The number of hydrogen-bond donors (Lipinski definition) is 1. The molecule has 2 heterocycles. The molecule has 0 aliphatic carbocycles. The van der Waals surface area contributed by atoms with Crippen molar-refractivity contribution in [2.24, 2.45) is 0 Å². The van der Waals surface area contributed by atoms with Crippen molar-refractivity contribution in [1.82, 2.24) is 4.98 Å². The Labute approximate surface area is 118 Å². The van der Waals surface area contributed by atoms with Gasteiger partial charge < -0.3 is 5.11 Å². The minimum absolute atomic E-state index is 0.120. The molecule has 0 amide bonds. The SMILES string of the molecule is O=C(O)c1c2c(nc3ccc([N+](=O)[O-])cc13)CCSC2. The van der Waals surface area contributed by atoms with Gasteiger partial charge in [-0.25, -0.2) is 4.79 Å². The maximum absolute atomic E-state index is 11.6. The van der Waals surface area contributed by atoms with Gasteiger partial charge in [0.05, 0.1) is 16.0 Å². The summed E-state index contributed by atoms with van der Waals surface area (Å²) < 4.78 is 0. The number of non-ortho nitro benzene ring substituents is 1. The van der Waals surface area contributed by atoms with Crippen LogP contribution in [0.2, 0.25) is 0 Å². The first-order chi connectivity index (χ1) is 9.58. The zero-order valence-corrected chi connectivity index (χ0v) is 11.1. The number of thioether (sulfide) groups is 1. The van der Waals surface area contributed by atoms with Crippen molar-refractivity contribution in [3.05, 3.63) is 45.1 Å². The molecule has 0 saturated heterocycles. The number of aromatic nitrogens is 1. The number of carbonyl (C=O) groups is 1. The first-order valence-corrected chi connectivity index (χ1v) is 7.14. The number of hydrogen-bond acceptors (Lipinski definition) is 5. The molecule has 102 valence electrons. The number of nitrogens with zero attached hydrogens (tertiary/aromatic N) is 2. The van der Waals surface area contributed by atoms with Gasteiger partial charge in [-0.05, 0) is 23.8 Å². The highest BCUT2D eigenvalue weighted by atomic mass is 32.2. The van der Waals surface area contributed by atoms with Crippen LogP contribution in [0, 0.1) is 10.1 Å². The van der Waals surface area contributed by atoms with Gasteiger partial charge in [-0.15, -0.1) is 0 Å².